The number of hydrogen-bond donors (Lipinski definition) is 0. The average Bonchev–Trinajstić information content (AvgIpc) is 3.56. The second-order valence-electron chi connectivity index (χ2n) is 10.7. The molecule has 1 aromatic rings. The van der Waals surface area contributed by atoms with Gasteiger partial charge in [-0.05, 0) is 83.2 Å². The van der Waals surface area contributed by atoms with Crippen LogP contribution in [0.15, 0.2) is 11.9 Å². The zero-order valence-corrected chi connectivity index (χ0v) is 20.7. The monoisotopic (exact) mass is 466 g/mol. The number of rotatable bonds is 8. The van der Waals surface area contributed by atoms with Crippen LogP contribution >= 0.6 is 0 Å². The lowest BCUT2D eigenvalue weighted by atomic mass is 9.90. The first-order valence-electron chi connectivity index (χ1n) is 13.2. The highest BCUT2D eigenvalue weighted by Crippen LogP contribution is 2.50. The van der Waals surface area contributed by atoms with Crippen molar-refractivity contribution < 1.29 is 14.3 Å². The number of likely N-dealkylation sites (tertiary alicyclic amines) is 1. The number of likely N-dealkylation sites (N-methyl/N-ethyl adjacent to an activating group) is 1. The molecule has 2 heterocycles. The van der Waals surface area contributed by atoms with E-state index in [4.69, 9.17) is 4.74 Å². The summed E-state index contributed by atoms with van der Waals surface area (Å²) in [5, 5.41) is 0. The first-order valence-corrected chi connectivity index (χ1v) is 13.2. The third-order valence-corrected chi connectivity index (χ3v) is 8.36. The van der Waals surface area contributed by atoms with Crippen molar-refractivity contribution in [1.82, 2.24) is 19.8 Å². The van der Waals surface area contributed by atoms with Crippen LogP contribution in [0.1, 0.15) is 82.4 Å². The van der Waals surface area contributed by atoms with Gasteiger partial charge < -0.3 is 14.4 Å². The molecule has 0 bridgehead atoms. The molecule has 0 radical (unpaired) electrons. The summed E-state index contributed by atoms with van der Waals surface area (Å²) in [6.07, 6.45) is 12.8. The smallest absolute Gasteiger partial charge is 0.236 e. The van der Waals surface area contributed by atoms with Crippen LogP contribution in [0.5, 0.6) is 5.88 Å². The number of ether oxygens (including phenoxy) is 1. The Labute approximate surface area is 203 Å². The zero-order chi connectivity index (χ0) is 23.7. The molecule has 1 atom stereocenters. The van der Waals surface area contributed by atoms with Gasteiger partial charge in [-0.2, -0.15) is 0 Å². The Balaban J connectivity index is 1.19. The molecule has 1 saturated carbocycles. The van der Waals surface area contributed by atoms with E-state index in [1.54, 1.807) is 13.3 Å². The summed E-state index contributed by atoms with van der Waals surface area (Å²) in [7, 11) is 2.09. The Bertz CT molecular complexity index is 961. The molecule has 4 aliphatic rings. The molecule has 0 aromatic carbocycles. The van der Waals surface area contributed by atoms with Crippen molar-refractivity contribution in [3.8, 4) is 5.88 Å². The van der Waals surface area contributed by atoms with Crippen LogP contribution in [-0.2, 0) is 16.0 Å². The maximum absolute atomic E-state index is 12.5. The van der Waals surface area contributed by atoms with Crippen molar-refractivity contribution in [2.75, 3.05) is 26.7 Å². The van der Waals surface area contributed by atoms with Gasteiger partial charge in [0.05, 0.1) is 17.8 Å². The number of Topliss-reactive ketones (excluding diaryl/α,β-unsaturated/α-hetero) is 1. The highest BCUT2D eigenvalue weighted by Gasteiger charge is 2.37. The van der Waals surface area contributed by atoms with Gasteiger partial charge in [0.25, 0.3) is 0 Å². The summed E-state index contributed by atoms with van der Waals surface area (Å²) in [6, 6.07) is 0.433. The van der Waals surface area contributed by atoms with E-state index in [0.717, 1.165) is 94.4 Å². The van der Waals surface area contributed by atoms with Crippen molar-refractivity contribution >= 4 is 17.3 Å². The molecule has 34 heavy (non-hydrogen) atoms. The number of ketones is 1. The molecule has 0 spiro atoms. The van der Waals surface area contributed by atoms with Gasteiger partial charge in [-0.15, -0.1) is 0 Å². The second-order valence-corrected chi connectivity index (χ2v) is 10.7. The molecule has 2 fully saturated rings. The van der Waals surface area contributed by atoms with Gasteiger partial charge in [0.2, 0.25) is 11.8 Å². The number of hydrogen-bond acceptors (Lipinski definition) is 6. The molecule has 5 rings (SSSR count). The van der Waals surface area contributed by atoms with Crippen molar-refractivity contribution in [3.05, 3.63) is 23.2 Å². The van der Waals surface area contributed by atoms with Crippen LogP contribution in [0.4, 0.5) is 0 Å². The van der Waals surface area contributed by atoms with Gasteiger partial charge in [0, 0.05) is 32.0 Å². The van der Waals surface area contributed by atoms with Crippen molar-refractivity contribution in [2.45, 2.75) is 89.7 Å². The minimum absolute atomic E-state index is 0.152. The summed E-state index contributed by atoms with van der Waals surface area (Å²) in [4.78, 5) is 37.5. The third kappa shape index (κ3) is 4.90. The predicted octanol–water partition coefficient (Wildman–Crippen LogP) is 3.81. The Morgan fingerprint density at radius 2 is 1.88 bits per heavy atom. The first kappa shape index (κ1) is 23.5. The van der Waals surface area contributed by atoms with E-state index < -0.39 is 0 Å². The third-order valence-electron chi connectivity index (χ3n) is 8.36. The fourth-order valence-corrected chi connectivity index (χ4v) is 6.42. The van der Waals surface area contributed by atoms with Crippen molar-refractivity contribution in [2.24, 2.45) is 5.92 Å². The maximum Gasteiger partial charge on any atom is 0.236 e. The zero-order valence-electron chi connectivity index (χ0n) is 20.7. The van der Waals surface area contributed by atoms with Crippen molar-refractivity contribution in [1.29, 1.82) is 0 Å². The lowest BCUT2D eigenvalue weighted by Gasteiger charge is -2.35. The molecule has 1 aliphatic heterocycles. The summed E-state index contributed by atoms with van der Waals surface area (Å²) in [5.74, 6) is 1.70. The highest BCUT2D eigenvalue weighted by molar-refractivity contribution is 5.82. The van der Waals surface area contributed by atoms with Crippen molar-refractivity contribution in [3.63, 3.8) is 0 Å². The summed E-state index contributed by atoms with van der Waals surface area (Å²) < 4.78 is 6.52. The Morgan fingerprint density at radius 1 is 1.12 bits per heavy atom. The average molecular weight is 467 g/mol. The molecule has 7 heteroatoms. The number of fused-ring (bicyclic) bond motifs is 2. The van der Waals surface area contributed by atoms with E-state index in [1.807, 2.05) is 4.90 Å². The summed E-state index contributed by atoms with van der Waals surface area (Å²) >= 11 is 0. The molecule has 1 saturated heterocycles. The molecule has 184 valence electrons. The number of carbonyl (C=O) groups excluding carboxylic acids is 2. The molecule has 1 aromatic heterocycles. The molecule has 3 aliphatic carbocycles. The first-order chi connectivity index (χ1) is 16.5. The summed E-state index contributed by atoms with van der Waals surface area (Å²) in [6.45, 7) is 4.04. The van der Waals surface area contributed by atoms with Crippen LogP contribution in [0, 0.1) is 5.92 Å². The standard InChI is InChI=1S/C27H38N4O3/c1-18(32)5-6-19-7-8-20-15-23-26(25(19)20)27(29-17-28-23)34-22-11-9-21(10-12-22)30(2)16-24(33)31-13-3-4-14-31/h17,19,21-22H,3-16H2,1-2H3/t19-,21?,22?/m0/s1. The van der Waals surface area contributed by atoms with Crippen LogP contribution in [0.3, 0.4) is 0 Å². The van der Waals surface area contributed by atoms with Gasteiger partial charge >= 0.3 is 0 Å². The van der Waals surface area contributed by atoms with Gasteiger partial charge in [0.1, 0.15) is 18.2 Å². The number of amides is 1. The Morgan fingerprint density at radius 3 is 2.62 bits per heavy atom. The number of allylic oxidation sites excluding steroid dienone is 2. The quantitative estimate of drug-likeness (QED) is 0.580. The number of nitrogens with zero attached hydrogens (tertiary/aromatic N) is 4. The maximum atomic E-state index is 12.5. The van der Waals surface area contributed by atoms with Crippen LogP contribution in [0.2, 0.25) is 0 Å². The largest absolute Gasteiger partial charge is 0.474 e. The van der Waals surface area contributed by atoms with Crippen LogP contribution < -0.4 is 4.74 Å². The van der Waals surface area contributed by atoms with Gasteiger partial charge in [-0.1, -0.05) is 5.57 Å². The van der Waals surface area contributed by atoms with Gasteiger partial charge in [-0.25, -0.2) is 9.97 Å². The topological polar surface area (TPSA) is 75.6 Å². The molecule has 7 nitrogen and oxygen atoms in total. The normalized spacial score (nSPS) is 26.2. The molecular weight excluding hydrogens is 428 g/mol. The van der Waals surface area contributed by atoms with E-state index in [0.29, 0.717) is 24.9 Å². The highest BCUT2D eigenvalue weighted by atomic mass is 16.5. The lowest BCUT2D eigenvalue weighted by Crippen LogP contribution is -2.44. The Hall–Kier alpha value is -2.28. The van der Waals surface area contributed by atoms with E-state index in [9.17, 15) is 9.59 Å². The van der Waals surface area contributed by atoms with E-state index >= 15 is 0 Å². The minimum atomic E-state index is 0.152. The fraction of sp³-hybridized carbons (Fsp3) is 0.704. The molecule has 0 unspecified atom stereocenters. The Kier molecular flexibility index (Phi) is 7.00. The minimum Gasteiger partial charge on any atom is -0.474 e. The lowest BCUT2D eigenvalue weighted by molar-refractivity contribution is -0.131. The van der Waals surface area contributed by atoms with E-state index in [2.05, 4.69) is 21.9 Å². The van der Waals surface area contributed by atoms with Crippen LogP contribution in [-0.4, -0.2) is 70.3 Å². The van der Waals surface area contributed by atoms with Gasteiger partial charge in [-0.3, -0.25) is 9.69 Å². The van der Waals surface area contributed by atoms with E-state index in [1.165, 1.54) is 11.1 Å². The molecule has 1 amide bonds. The second kappa shape index (κ2) is 10.1. The summed E-state index contributed by atoms with van der Waals surface area (Å²) in [5.41, 5.74) is 5.07. The predicted molar refractivity (Wildman–Crippen MR) is 130 cm³/mol. The number of aromatic nitrogens is 2. The van der Waals surface area contributed by atoms with Gasteiger partial charge in [0.15, 0.2) is 0 Å². The molecule has 0 N–H and O–H groups in total. The van der Waals surface area contributed by atoms with E-state index in [-0.39, 0.29) is 17.8 Å². The molecular formula is C27H38N4O3. The number of carbonyl (C=O) groups is 2. The SMILES string of the molecule is CC(=O)CC[C@H]1CCC2=C1c1c(ncnc1OC1CCC(N(C)CC(=O)N3CCCC3)CC1)C2. The fourth-order valence-electron chi connectivity index (χ4n) is 6.42. The van der Waals surface area contributed by atoms with Crippen LogP contribution in [0.25, 0.3) is 5.57 Å².